The fourth-order valence-electron chi connectivity index (χ4n) is 3.66. The zero-order valence-electron chi connectivity index (χ0n) is 17.2. The van der Waals surface area contributed by atoms with Crippen LogP contribution in [0.1, 0.15) is 37.8 Å². The normalized spacial score (nSPS) is 17.6. The minimum Gasteiger partial charge on any atom is -0.493 e. The number of rotatable bonds is 6. The summed E-state index contributed by atoms with van der Waals surface area (Å²) in [5.74, 6) is 0.377. The zero-order valence-corrected chi connectivity index (χ0v) is 17.2. The van der Waals surface area contributed by atoms with E-state index in [1.54, 1.807) is 19.1 Å². The van der Waals surface area contributed by atoms with Gasteiger partial charge in [-0.1, -0.05) is 38.1 Å². The van der Waals surface area contributed by atoms with Crippen LogP contribution in [-0.2, 0) is 9.53 Å². The number of esters is 1. The second kappa shape index (κ2) is 8.22. The van der Waals surface area contributed by atoms with Crippen LogP contribution in [0.25, 0.3) is 11.0 Å². The number of hydrogen-bond donors (Lipinski definition) is 0. The van der Waals surface area contributed by atoms with Gasteiger partial charge < -0.3 is 18.6 Å². The fourth-order valence-corrected chi connectivity index (χ4v) is 3.66. The molecule has 3 aromatic rings. The van der Waals surface area contributed by atoms with Gasteiger partial charge in [-0.25, -0.2) is 9.59 Å². The Morgan fingerprint density at radius 3 is 2.53 bits per heavy atom. The van der Waals surface area contributed by atoms with E-state index in [-0.39, 0.29) is 6.61 Å². The molecule has 6 heteroatoms. The molecule has 1 aromatic heterocycles. The van der Waals surface area contributed by atoms with Crippen molar-refractivity contribution in [2.75, 3.05) is 13.2 Å². The van der Waals surface area contributed by atoms with E-state index in [0.29, 0.717) is 34.8 Å². The highest BCUT2D eigenvalue weighted by Gasteiger charge is 2.45. The maximum Gasteiger partial charge on any atom is 0.348 e. The Balaban J connectivity index is 1.79. The molecule has 0 amide bonds. The Hall–Kier alpha value is -3.28. The molecule has 2 heterocycles. The van der Waals surface area contributed by atoms with Gasteiger partial charge in [0.05, 0.1) is 30.1 Å². The highest BCUT2D eigenvalue weighted by molar-refractivity contribution is 5.88. The SMILES string of the molecule is CCOC(=O)[C@@H]1Oc2c(c(=O)oc3ccccc23)[C@H]1c1ccc(OCC(C)C)cc1. The summed E-state index contributed by atoms with van der Waals surface area (Å²) < 4.78 is 22.5. The number of ether oxygens (including phenoxy) is 3. The first-order valence-corrected chi connectivity index (χ1v) is 10.1. The number of hydrogen-bond acceptors (Lipinski definition) is 6. The topological polar surface area (TPSA) is 75.0 Å². The standard InChI is InChI=1S/C24H24O6/c1-4-27-24(26)22-19(15-9-11-16(12-10-15)28-13-14(2)3)20-21(30-22)17-7-5-6-8-18(17)29-23(20)25/h5-12,14,19,22H,4,13H2,1-3H3/t19-,22-/m1/s1. The van der Waals surface area contributed by atoms with Gasteiger partial charge in [-0.15, -0.1) is 0 Å². The quantitative estimate of drug-likeness (QED) is 0.448. The van der Waals surface area contributed by atoms with Crippen LogP contribution in [0.3, 0.4) is 0 Å². The van der Waals surface area contributed by atoms with Crippen molar-refractivity contribution in [3.8, 4) is 11.5 Å². The minimum absolute atomic E-state index is 0.221. The number of benzene rings is 2. The average Bonchev–Trinajstić information content (AvgIpc) is 3.14. The van der Waals surface area contributed by atoms with Gasteiger partial charge in [0.1, 0.15) is 17.1 Å². The number of carbonyl (C=O) groups excluding carboxylic acids is 1. The van der Waals surface area contributed by atoms with Gasteiger partial charge in [0.25, 0.3) is 0 Å². The molecule has 0 saturated carbocycles. The van der Waals surface area contributed by atoms with Crippen molar-refractivity contribution in [1.29, 1.82) is 0 Å². The lowest BCUT2D eigenvalue weighted by Crippen LogP contribution is -2.32. The van der Waals surface area contributed by atoms with E-state index in [0.717, 1.165) is 11.3 Å². The largest absolute Gasteiger partial charge is 0.493 e. The van der Waals surface area contributed by atoms with Crippen LogP contribution in [-0.4, -0.2) is 25.3 Å². The second-order valence-corrected chi connectivity index (χ2v) is 7.67. The van der Waals surface area contributed by atoms with E-state index in [1.807, 2.05) is 36.4 Å². The van der Waals surface area contributed by atoms with Crippen LogP contribution >= 0.6 is 0 Å². The van der Waals surface area contributed by atoms with Crippen molar-refractivity contribution in [3.05, 3.63) is 70.1 Å². The van der Waals surface area contributed by atoms with Gasteiger partial charge in [0.15, 0.2) is 0 Å². The predicted molar refractivity (Wildman–Crippen MR) is 112 cm³/mol. The Morgan fingerprint density at radius 1 is 1.10 bits per heavy atom. The van der Waals surface area contributed by atoms with Gasteiger partial charge in [0.2, 0.25) is 6.10 Å². The highest BCUT2D eigenvalue weighted by Crippen LogP contribution is 2.44. The summed E-state index contributed by atoms with van der Waals surface area (Å²) in [5, 5.41) is 0.654. The highest BCUT2D eigenvalue weighted by atomic mass is 16.6. The lowest BCUT2D eigenvalue weighted by molar-refractivity contribution is -0.151. The predicted octanol–water partition coefficient (Wildman–Crippen LogP) is 4.28. The summed E-state index contributed by atoms with van der Waals surface area (Å²) in [5.41, 5.74) is 0.997. The zero-order chi connectivity index (χ0) is 21.3. The fraction of sp³-hybridized carbons (Fsp3) is 0.333. The first-order chi connectivity index (χ1) is 14.5. The van der Waals surface area contributed by atoms with Crippen LogP contribution < -0.4 is 15.1 Å². The Bertz CT molecular complexity index is 1110. The van der Waals surface area contributed by atoms with E-state index in [4.69, 9.17) is 18.6 Å². The third-order valence-corrected chi connectivity index (χ3v) is 5.00. The molecule has 0 radical (unpaired) electrons. The molecule has 0 saturated heterocycles. The Labute approximate surface area is 174 Å². The number of carbonyl (C=O) groups is 1. The molecule has 0 spiro atoms. The molecule has 156 valence electrons. The molecule has 30 heavy (non-hydrogen) atoms. The summed E-state index contributed by atoms with van der Waals surface area (Å²) in [6.45, 7) is 6.72. The van der Waals surface area contributed by atoms with E-state index in [2.05, 4.69) is 13.8 Å². The smallest absolute Gasteiger partial charge is 0.348 e. The third-order valence-electron chi connectivity index (χ3n) is 5.00. The monoisotopic (exact) mass is 408 g/mol. The number of fused-ring (bicyclic) bond motifs is 3. The van der Waals surface area contributed by atoms with Crippen molar-refractivity contribution in [2.24, 2.45) is 5.92 Å². The molecule has 0 fully saturated rings. The van der Waals surface area contributed by atoms with Crippen LogP contribution in [0.15, 0.2) is 57.7 Å². The molecule has 1 aliphatic heterocycles. The van der Waals surface area contributed by atoms with Gasteiger partial charge >= 0.3 is 11.6 Å². The van der Waals surface area contributed by atoms with Crippen LogP contribution in [0.2, 0.25) is 0 Å². The summed E-state index contributed by atoms with van der Waals surface area (Å²) in [6, 6.07) is 14.5. The summed E-state index contributed by atoms with van der Waals surface area (Å²) >= 11 is 0. The van der Waals surface area contributed by atoms with Gasteiger partial charge in [-0.05, 0) is 42.7 Å². The van der Waals surface area contributed by atoms with E-state index >= 15 is 0 Å². The molecule has 0 aliphatic carbocycles. The molecular weight excluding hydrogens is 384 g/mol. The Morgan fingerprint density at radius 2 is 1.83 bits per heavy atom. The third kappa shape index (κ3) is 3.65. The lowest BCUT2D eigenvalue weighted by atomic mass is 9.88. The van der Waals surface area contributed by atoms with Crippen molar-refractivity contribution in [3.63, 3.8) is 0 Å². The van der Waals surface area contributed by atoms with Crippen molar-refractivity contribution < 1.29 is 23.4 Å². The minimum atomic E-state index is -0.962. The molecule has 6 nitrogen and oxygen atoms in total. The van der Waals surface area contributed by atoms with E-state index in [9.17, 15) is 9.59 Å². The van der Waals surface area contributed by atoms with Gasteiger partial charge in [-0.3, -0.25) is 0 Å². The maximum atomic E-state index is 12.9. The average molecular weight is 408 g/mol. The summed E-state index contributed by atoms with van der Waals surface area (Å²) in [6.07, 6.45) is -0.962. The Kier molecular flexibility index (Phi) is 5.48. The molecule has 2 atom stereocenters. The second-order valence-electron chi connectivity index (χ2n) is 7.67. The molecular formula is C24H24O6. The van der Waals surface area contributed by atoms with Crippen molar-refractivity contribution >= 4 is 16.9 Å². The van der Waals surface area contributed by atoms with Crippen LogP contribution in [0.5, 0.6) is 11.5 Å². The molecule has 2 aromatic carbocycles. The van der Waals surface area contributed by atoms with Crippen molar-refractivity contribution in [2.45, 2.75) is 32.8 Å². The maximum absolute atomic E-state index is 12.9. The van der Waals surface area contributed by atoms with Crippen molar-refractivity contribution in [1.82, 2.24) is 0 Å². The van der Waals surface area contributed by atoms with Gasteiger partial charge in [-0.2, -0.15) is 0 Å². The summed E-state index contributed by atoms with van der Waals surface area (Å²) in [7, 11) is 0. The van der Waals surface area contributed by atoms with E-state index in [1.165, 1.54) is 0 Å². The van der Waals surface area contributed by atoms with Crippen LogP contribution in [0, 0.1) is 5.92 Å². The molecule has 4 rings (SSSR count). The number of para-hydroxylation sites is 1. The lowest BCUT2D eigenvalue weighted by Gasteiger charge is -2.18. The molecule has 0 bridgehead atoms. The first kappa shape index (κ1) is 20.0. The summed E-state index contributed by atoms with van der Waals surface area (Å²) in [4.78, 5) is 25.5. The first-order valence-electron chi connectivity index (χ1n) is 10.1. The molecule has 0 N–H and O–H groups in total. The van der Waals surface area contributed by atoms with E-state index < -0.39 is 23.6 Å². The molecule has 0 unspecified atom stereocenters. The molecule has 1 aliphatic rings. The van der Waals surface area contributed by atoms with Crippen LogP contribution in [0.4, 0.5) is 0 Å². The van der Waals surface area contributed by atoms with Gasteiger partial charge in [0, 0.05) is 0 Å².